The largest absolute Gasteiger partial charge is 0.485 e. The van der Waals surface area contributed by atoms with Gasteiger partial charge in [0.2, 0.25) is 10.0 Å². The smallest absolute Gasteiger partial charge is 0.455 e. The molecular weight excluding hydrogens is 481 g/mol. The van der Waals surface area contributed by atoms with Gasteiger partial charge in [-0.25, -0.2) is 17.7 Å². The van der Waals surface area contributed by atoms with Crippen LogP contribution in [0.4, 0.5) is 5.69 Å². The molecule has 3 N–H and O–H groups in total. The number of carbonyl (C=O) groups excluding carboxylic acids is 1. The number of carbonyl (C=O) groups is 1. The lowest BCUT2D eigenvalue weighted by molar-refractivity contribution is 0.0964. The average Bonchev–Trinajstić information content (AvgIpc) is 3.61. The van der Waals surface area contributed by atoms with Crippen LogP contribution in [-0.2, 0) is 10.0 Å². The monoisotopic (exact) mass is 509 g/mol. The van der Waals surface area contributed by atoms with Crippen LogP contribution in [0.25, 0.3) is 22.3 Å². The van der Waals surface area contributed by atoms with E-state index < -0.39 is 17.1 Å². The number of anilines is 1. The molecule has 2 aromatic carbocycles. The maximum Gasteiger partial charge on any atom is 0.485 e. The van der Waals surface area contributed by atoms with Gasteiger partial charge in [0.25, 0.3) is 5.91 Å². The second-order valence-electron chi connectivity index (χ2n) is 8.88. The second kappa shape index (κ2) is 9.92. The van der Waals surface area contributed by atoms with E-state index in [1.54, 1.807) is 13.1 Å². The third-order valence-corrected chi connectivity index (χ3v) is 7.18. The summed E-state index contributed by atoms with van der Waals surface area (Å²) >= 11 is 0. The van der Waals surface area contributed by atoms with Crippen molar-refractivity contribution in [2.75, 3.05) is 17.6 Å². The Morgan fingerprint density at radius 3 is 2.42 bits per heavy atom. The van der Waals surface area contributed by atoms with Crippen molar-refractivity contribution in [2.24, 2.45) is 4.99 Å². The summed E-state index contributed by atoms with van der Waals surface area (Å²) in [6, 6.07) is 12.7. The van der Waals surface area contributed by atoms with Gasteiger partial charge in [-0.2, -0.15) is 0 Å². The number of sulfonamides is 1. The van der Waals surface area contributed by atoms with Crippen LogP contribution in [0.2, 0.25) is 0 Å². The van der Waals surface area contributed by atoms with Crippen molar-refractivity contribution in [1.29, 1.82) is 0 Å². The number of benzene rings is 2. The Bertz CT molecular complexity index is 1470. The van der Waals surface area contributed by atoms with Crippen molar-refractivity contribution in [3.63, 3.8) is 0 Å². The molecule has 11 heteroatoms. The van der Waals surface area contributed by atoms with E-state index in [-0.39, 0.29) is 23.1 Å². The fourth-order valence-electron chi connectivity index (χ4n) is 4.10. The van der Waals surface area contributed by atoms with Crippen LogP contribution in [0.1, 0.15) is 48.5 Å². The molecule has 1 aliphatic carbocycles. The minimum Gasteiger partial charge on any atom is -0.455 e. The molecule has 0 aliphatic heterocycles. The fourth-order valence-corrected chi connectivity index (χ4v) is 5.14. The molecule has 188 valence electrons. The van der Waals surface area contributed by atoms with Gasteiger partial charge in [-0.15, -0.1) is 0 Å². The second-order valence-corrected chi connectivity index (χ2v) is 10.7. The molecule has 3 aromatic rings. The first-order valence-corrected chi connectivity index (χ1v) is 13.3. The summed E-state index contributed by atoms with van der Waals surface area (Å²) in [5, 5.41) is 21.9. The highest BCUT2D eigenvalue weighted by atomic mass is 32.2. The third-order valence-electron chi connectivity index (χ3n) is 6.05. The molecule has 0 radical (unpaired) electrons. The van der Waals surface area contributed by atoms with Crippen molar-refractivity contribution < 1.29 is 27.7 Å². The number of aliphatic imine (C=N–C) groups is 1. The molecular formula is C25H28BN3O6S. The molecule has 9 nitrogen and oxygen atoms in total. The van der Waals surface area contributed by atoms with Crippen LogP contribution in [0.5, 0.6) is 0 Å². The van der Waals surface area contributed by atoms with Gasteiger partial charge in [0.05, 0.1) is 17.5 Å². The van der Waals surface area contributed by atoms with Crippen molar-refractivity contribution in [3.05, 3.63) is 65.3 Å². The Balaban J connectivity index is 1.98. The van der Waals surface area contributed by atoms with Crippen LogP contribution in [0, 0.1) is 0 Å². The number of allylic oxidation sites excluding steroid dienone is 1. The Hall–Kier alpha value is -3.41. The third kappa shape index (κ3) is 5.08. The van der Waals surface area contributed by atoms with E-state index in [0.29, 0.717) is 28.0 Å². The topological polar surface area (TPSA) is 132 Å². The van der Waals surface area contributed by atoms with E-state index >= 15 is 0 Å². The standard InChI is InChI=1S/C25H28BN3O6S/c1-15(26(31)32)14-28-16(2)29(36(4,33)34)21-13-22-20(12-19(21)17-10-11-17)23(25(30)27-3)24(35-22)18-8-6-5-7-9-18/h5-9,12-14,17,31-32H,10-11H2,1-4H3,(H,27,30)/b15-14+,28-16?. The predicted octanol–water partition coefficient (Wildman–Crippen LogP) is 3.44. The maximum atomic E-state index is 13.0. The van der Waals surface area contributed by atoms with Crippen LogP contribution in [-0.4, -0.2) is 50.6 Å². The van der Waals surface area contributed by atoms with Gasteiger partial charge in [0, 0.05) is 30.3 Å². The molecule has 1 amide bonds. The summed E-state index contributed by atoms with van der Waals surface area (Å²) in [5.74, 6) is 0.351. The fraction of sp³-hybridized carbons (Fsp3) is 0.280. The van der Waals surface area contributed by atoms with Crippen molar-refractivity contribution >= 4 is 45.5 Å². The highest BCUT2D eigenvalue weighted by molar-refractivity contribution is 7.92. The number of amides is 1. The zero-order valence-electron chi connectivity index (χ0n) is 20.5. The van der Waals surface area contributed by atoms with Crippen LogP contribution < -0.4 is 9.62 Å². The molecule has 0 spiro atoms. The summed E-state index contributed by atoms with van der Waals surface area (Å²) in [7, 11) is -3.98. The Labute approximate surface area is 210 Å². The molecule has 36 heavy (non-hydrogen) atoms. The number of amidine groups is 1. The summed E-state index contributed by atoms with van der Waals surface area (Å²) < 4.78 is 33.2. The zero-order chi connectivity index (χ0) is 26.2. The number of nitrogens with zero attached hydrogens (tertiary/aromatic N) is 2. The minimum atomic E-state index is -3.83. The molecule has 0 unspecified atom stereocenters. The summed E-state index contributed by atoms with van der Waals surface area (Å²) in [6.07, 6.45) is 4.08. The Morgan fingerprint density at radius 1 is 1.19 bits per heavy atom. The number of nitrogens with one attached hydrogen (secondary N) is 1. The maximum absolute atomic E-state index is 13.0. The molecule has 1 heterocycles. The van der Waals surface area contributed by atoms with E-state index in [9.17, 15) is 23.3 Å². The molecule has 0 saturated heterocycles. The number of furan rings is 1. The normalized spacial score (nSPS) is 14.7. The van der Waals surface area contributed by atoms with E-state index in [0.717, 1.165) is 34.5 Å². The van der Waals surface area contributed by atoms with E-state index in [4.69, 9.17) is 4.42 Å². The van der Waals surface area contributed by atoms with Gasteiger partial charge in [0.1, 0.15) is 17.2 Å². The molecule has 1 aromatic heterocycles. The highest BCUT2D eigenvalue weighted by Gasteiger charge is 2.34. The van der Waals surface area contributed by atoms with Gasteiger partial charge in [-0.3, -0.25) is 4.79 Å². The lowest BCUT2D eigenvalue weighted by atomic mass is 9.82. The lowest BCUT2D eigenvalue weighted by Crippen LogP contribution is -2.35. The Morgan fingerprint density at radius 2 is 1.86 bits per heavy atom. The van der Waals surface area contributed by atoms with Gasteiger partial charge < -0.3 is 19.8 Å². The molecule has 1 saturated carbocycles. The lowest BCUT2D eigenvalue weighted by Gasteiger charge is -2.24. The highest BCUT2D eigenvalue weighted by Crippen LogP contribution is 2.48. The van der Waals surface area contributed by atoms with Crippen molar-refractivity contribution in [2.45, 2.75) is 32.6 Å². The first-order valence-electron chi connectivity index (χ1n) is 11.5. The van der Waals surface area contributed by atoms with Crippen LogP contribution in [0.3, 0.4) is 0 Å². The van der Waals surface area contributed by atoms with E-state index in [1.165, 1.54) is 20.0 Å². The molecule has 1 aliphatic rings. The Kier molecular flexibility index (Phi) is 7.08. The summed E-state index contributed by atoms with van der Waals surface area (Å²) in [5.41, 5.74) is 2.80. The number of rotatable bonds is 7. The first-order chi connectivity index (χ1) is 17.0. The van der Waals surface area contributed by atoms with E-state index in [2.05, 4.69) is 10.3 Å². The molecule has 0 bridgehead atoms. The van der Waals surface area contributed by atoms with Gasteiger partial charge >= 0.3 is 7.12 Å². The minimum absolute atomic E-state index is 0.125. The van der Waals surface area contributed by atoms with Gasteiger partial charge in [-0.1, -0.05) is 30.3 Å². The number of fused-ring (bicyclic) bond motifs is 1. The van der Waals surface area contributed by atoms with E-state index in [1.807, 2.05) is 36.4 Å². The SMILES string of the molecule is CNC(=O)c1c(-c2ccccc2)oc2cc(N(C(C)=N/C=C(\C)B(O)O)S(C)(=O)=O)c(C3CC3)cc12. The van der Waals surface area contributed by atoms with Crippen molar-refractivity contribution in [1.82, 2.24) is 5.32 Å². The number of hydrogen-bond donors (Lipinski definition) is 3. The zero-order valence-corrected chi connectivity index (χ0v) is 21.3. The first kappa shape index (κ1) is 25.7. The van der Waals surface area contributed by atoms with Crippen LogP contribution >= 0.6 is 0 Å². The van der Waals surface area contributed by atoms with Crippen molar-refractivity contribution in [3.8, 4) is 11.3 Å². The molecule has 4 rings (SSSR count). The average molecular weight is 509 g/mol. The molecule has 0 atom stereocenters. The molecule has 1 fully saturated rings. The van der Waals surface area contributed by atoms with Gasteiger partial charge in [0.15, 0.2) is 0 Å². The van der Waals surface area contributed by atoms with Gasteiger partial charge in [-0.05, 0) is 49.7 Å². The number of hydrogen-bond acceptors (Lipinski definition) is 7. The quantitative estimate of drug-likeness (QED) is 0.254. The summed E-state index contributed by atoms with van der Waals surface area (Å²) in [6.45, 7) is 3.01. The predicted molar refractivity (Wildman–Crippen MR) is 141 cm³/mol. The summed E-state index contributed by atoms with van der Waals surface area (Å²) in [4.78, 5) is 17.1. The van der Waals surface area contributed by atoms with Crippen LogP contribution in [0.15, 0.2) is 63.5 Å².